The lowest BCUT2D eigenvalue weighted by Gasteiger charge is -2.30. The first-order valence-corrected chi connectivity index (χ1v) is 5.89. The Balaban J connectivity index is 2.23. The minimum atomic E-state index is -0.713. The Hall–Kier alpha value is -0.770. The molecule has 0 bridgehead atoms. The van der Waals surface area contributed by atoms with Gasteiger partial charge in [0.25, 0.3) is 0 Å². The van der Waals surface area contributed by atoms with Crippen LogP contribution in [0, 0.1) is 0 Å². The third-order valence-electron chi connectivity index (χ3n) is 2.79. The van der Waals surface area contributed by atoms with Crippen LogP contribution in [0.4, 0.5) is 5.69 Å². The molecule has 1 unspecified atom stereocenters. The van der Waals surface area contributed by atoms with Gasteiger partial charge in [0.05, 0.1) is 16.3 Å². The van der Waals surface area contributed by atoms with Crippen molar-refractivity contribution in [2.75, 3.05) is 31.1 Å². The summed E-state index contributed by atoms with van der Waals surface area (Å²) in [6, 6.07) is 7.75. The van der Waals surface area contributed by atoms with E-state index in [0.717, 1.165) is 23.8 Å². The van der Waals surface area contributed by atoms with Gasteiger partial charge in [0.15, 0.2) is 0 Å². The maximum absolute atomic E-state index is 10.1. The molecule has 2 rings (SSSR count). The van der Waals surface area contributed by atoms with Gasteiger partial charge in [-0.2, -0.15) is 0 Å². The summed E-state index contributed by atoms with van der Waals surface area (Å²) in [5.41, 5.74) is 0.281. The molecule has 3 nitrogen and oxygen atoms in total. The minimum absolute atomic E-state index is 0.601. The van der Waals surface area contributed by atoms with Gasteiger partial charge in [0.1, 0.15) is 0 Å². The van der Waals surface area contributed by atoms with Gasteiger partial charge < -0.3 is 15.3 Å². The summed E-state index contributed by atoms with van der Waals surface area (Å²) in [6.07, 6.45) is 0. The Morgan fingerprint density at radius 2 is 2.19 bits per heavy atom. The molecule has 1 aliphatic rings. The summed E-state index contributed by atoms with van der Waals surface area (Å²) in [5.74, 6) is 0. The molecule has 0 aliphatic carbocycles. The summed E-state index contributed by atoms with van der Waals surface area (Å²) in [7, 11) is 0. The van der Waals surface area contributed by atoms with Crippen LogP contribution in [0.5, 0.6) is 0 Å². The minimum Gasteiger partial charge on any atom is -0.387 e. The number of benzene rings is 1. The molecule has 1 fully saturated rings. The average Bonchev–Trinajstić information content (AvgIpc) is 2.40. The molecule has 88 valence electrons. The van der Waals surface area contributed by atoms with Crippen LogP contribution in [0.15, 0.2) is 24.3 Å². The predicted octanol–water partition coefficient (Wildman–Crippen LogP) is 1.50. The highest BCUT2D eigenvalue weighted by Crippen LogP contribution is 2.26. The van der Waals surface area contributed by atoms with E-state index in [1.807, 2.05) is 31.2 Å². The molecule has 1 atom stereocenters. The lowest BCUT2D eigenvalue weighted by atomic mass is 10.1. The van der Waals surface area contributed by atoms with Crippen LogP contribution in [0.1, 0.15) is 6.92 Å². The van der Waals surface area contributed by atoms with Crippen LogP contribution in [0.3, 0.4) is 0 Å². The number of hydrogen-bond donors (Lipinski definition) is 2. The van der Waals surface area contributed by atoms with Gasteiger partial charge in [0, 0.05) is 26.2 Å². The van der Waals surface area contributed by atoms with Gasteiger partial charge in [-0.05, 0) is 19.1 Å². The maximum atomic E-state index is 10.1. The van der Waals surface area contributed by atoms with Crippen molar-refractivity contribution < 1.29 is 5.11 Å². The number of halogens is 1. The van der Waals surface area contributed by atoms with Crippen molar-refractivity contribution in [1.82, 2.24) is 5.32 Å². The van der Waals surface area contributed by atoms with Crippen LogP contribution in [-0.4, -0.2) is 36.9 Å². The Kier molecular flexibility index (Phi) is 3.38. The second-order valence-corrected chi connectivity index (χ2v) is 4.95. The Labute approximate surface area is 101 Å². The second kappa shape index (κ2) is 4.62. The van der Waals surface area contributed by atoms with Crippen LogP contribution < -0.4 is 10.2 Å². The van der Waals surface area contributed by atoms with Crippen LogP contribution >= 0.6 is 11.6 Å². The summed E-state index contributed by atoms with van der Waals surface area (Å²) < 4.78 is 0. The molecule has 0 aromatic heterocycles. The van der Waals surface area contributed by atoms with E-state index in [2.05, 4.69) is 10.2 Å². The van der Waals surface area contributed by atoms with E-state index >= 15 is 0 Å². The quantitative estimate of drug-likeness (QED) is 0.781. The van der Waals surface area contributed by atoms with Crippen molar-refractivity contribution in [2.45, 2.75) is 12.5 Å². The molecule has 4 heteroatoms. The Bertz CT molecular complexity index is 368. The molecule has 0 spiro atoms. The smallest absolute Gasteiger partial charge is 0.0917 e. The van der Waals surface area contributed by atoms with E-state index in [1.54, 1.807) is 0 Å². The van der Waals surface area contributed by atoms with Crippen LogP contribution in [0.2, 0.25) is 5.02 Å². The highest BCUT2D eigenvalue weighted by Gasteiger charge is 2.27. The standard InChI is InChI=1S/C12H17ClN2O/c1-12(16)8-14-6-7-15(9-12)11-5-3-2-4-10(11)13/h2-5,14,16H,6-9H2,1H3. The third-order valence-corrected chi connectivity index (χ3v) is 3.11. The molecule has 2 N–H and O–H groups in total. The monoisotopic (exact) mass is 240 g/mol. The van der Waals surface area contributed by atoms with Crippen molar-refractivity contribution in [1.29, 1.82) is 0 Å². The summed E-state index contributed by atoms with van der Waals surface area (Å²) in [6.45, 7) is 4.79. The van der Waals surface area contributed by atoms with E-state index in [9.17, 15) is 5.11 Å². The van der Waals surface area contributed by atoms with Gasteiger partial charge in [0.2, 0.25) is 0 Å². The van der Waals surface area contributed by atoms with Crippen molar-refractivity contribution in [3.05, 3.63) is 29.3 Å². The number of hydrogen-bond acceptors (Lipinski definition) is 3. The highest BCUT2D eigenvalue weighted by molar-refractivity contribution is 6.33. The summed E-state index contributed by atoms with van der Waals surface area (Å²) in [5, 5.41) is 14.1. The lowest BCUT2D eigenvalue weighted by molar-refractivity contribution is 0.0729. The molecule has 0 saturated carbocycles. The molecular formula is C12H17ClN2O. The van der Waals surface area contributed by atoms with E-state index in [1.165, 1.54) is 0 Å². The van der Waals surface area contributed by atoms with Gasteiger partial charge >= 0.3 is 0 Å². The number of rotatable bonds is 1. The van der Waals surface area contributed by atoms with Gasteiger partial charge in [-0.15, -0.1) is 0 Å². The highest BCUT2D eigenvalue weighted by atomic mass is 35.5. The number of nitrogens with zero attached hydrogens (tertiary/aromatic N) is 1. The first-order chi connectivity index (χ1) is 7.58. The SMILES string of the molecule is CC1(O)CNCCN(c2ccccc2Cl)C1. The van der Waals surface area contributed by atoms with Crippen LogP contribution in [0.25, 0.3) is 0 Å². The van der Waals surface area contributed by atoms with Crippen molar-refractivity contribution in [3.8, 4) is 0 Å². The molecule has 1 saturated heterocycles. The van der Waals surface area contributed by atoms with Gasteiger partial charge in [-0.25, -0.2) is 0 Å². The zero-order valence-corrected chi connectivity index (χ0v) is 10.2. The fraction of sp³-hybridized carbons (Fsp3) is 0.500. The normalized spacial score (nSPS) is 26.6. The van der Waals surface area contributed by atoms with E-state index in [0.29, 0.717) is 13.1 Å². The van der Waals surface area contributed by atoms with Gasteiger partial charge in [-0.1, -0.05) is 23.7 Å². The van der Waals surface area contributed by atoms with E-state index in [4.69, 9.17) is 11.6 Å². The van der Waals surface area contributed by atoms with E-state index in [-0.39, 0.29) is 0 Å². The van der Waals surface area contributed by atoms with Crippen molar-refractivity contribution in [3.63, 3.8) is 0 Å². The number of β-amino-alcohol motifs (C(OH)–C–C–N with tert-alkyl or cyclic N) is 1. The van der Waals surface area contributed by atoms with Crippen molar-refractivity contribution >= 4 is 17.3 Å². The molecule has 16 heavy (non-hydrogen) atoms. The summed E-state index contributed by atoms with van der Waals surface area (Å²) in [4.78, 5) is 2.13. The Morgan fingerprint density at radius 3 is 2.94 bits per heavy atom. The number of aliphatic hydroxyl groups is 1. The zero-order valence-electron chi connectivity index (χ0n) is 9.41. The van der Waals surface area contributed by atoms with E-state index < -0.39 is 5.60 Å². The topological polar surface area (TPSA) is 35.5 Å². The molecule has 1 aromatic rings. The second-order valence-electron chi connectivity index (χ2n) is 4.55. The third kappa shape index (κ3) is 2.67. The number of nitrogens with one attached hydrogen (secondary N) is 1. The van der Waals surface area contributed by atoms with Gasteiger partial charge in [-0.3, -0.25) is 0 Å². The zero-order chi connectivity index (χ0) is 11.6. The summed E-state index contributed by atoms with van der Waals surface area (Å²) >= 11 is 6.16. The average molecular weight is 241 g/mol. The largest absolute Gasteiger partial charge is 0.387 e. The predicted molar refractivity (Wildman–Crippen MR) is 67.2 cm³/mol. The maximum Gasteiger partial charge on any atom is 0.0917 e. The molecule has 1 aromatic carbocycles. The Morgan fingerprint density at radius 1 is 1.44 bits per heavy atom. The number of para-hydroxylation sites is 1. The lowest BCUT2D eigenvalue weighted by Crippen LogP contribution is -2.43. The molecular weight excluding hydrogens is 224 g/mol. The molecule has 0 radical (unpaired) electrons. The van der Waals surface area contributed by atoms with Crippen LogP contribution in [-0.2, 0) is 0 Å². The molecule has 1 aliphatic heterocycles. The fourth-order valence-corrected chi connectivity index (χ4v) is 2.29. The first-order valence-electron chi connectivity index (χ1n) is 5.51. The first kappa shape index (κ1) is 11.7. The van der Waals surface area contributed by atoms with Crippen molar-refractivity contribution in [2.24, 2.45) is 0 Å². The molecule has 1 heterocycles. The molecule has 0 amide bonds. The fourth-order valence-electron chi connectivity index (χ4n) is 2.03. The number of anilines is 1.